The summed E-state index contributed by atoms with van der Waals surface area (Å²) in [5.41, 5.74) is 1.29. The molecular weight excluding hydrogens is 331 g/mol. The Morgan fingerprint density at radius 1 is 1.38 bits per heavy atom. The lowest BCUT2D eigenvalue weighted by molar-refractivity contribution is 0.0750. The molecule has 1 aliphatic heterocycles. The van der Waals surface area contributed by atoms with Crippen molar-refractivity contribution in [3.8, 4) is 0 Å². The second-order valence-electron chi connectivity index (χ2n) is 4.72. The van der Waals surface area contributed by atoms with Crippen LogP contribution in [0.25, 0.3) is 0 Å². The first-order valence-electron chi connectivity index (χ1n) is 6.37. The summed E-state index contributed by atoms with van der Waals surface area (Å²) in [6.07, 6.45) is 0. The molecule has 1 fully saturated rings. The molecule has 21 heavy (non-hydrogen) atoms. The zero-order chi connectivity index (χ0) is 15.0. The lowest BCUT2D eigenvalue weighted by Gasteiger charge is -2.23. The van der Waals surface area contributed by atoms with Crippen LogP contribution < -0.4 is 0 Å². The van der Waals surface area contributed by atoms with Crippen molar-refractivity contribution in [1.29, 1.82) is 0 Å². The van der Waals surface area contributed by atoms with Crippen molar-refractivity contribution in [2.45, 2.75) is 12.3 Å². The number of benzene rings is 1. The van der Waals surface area contributed by atoms with Crippen LogP contribution in [0.3, 0.4) is 0 Å². The summed E-state index contributed by atoms with van der Waals surface area (Å²) in [6, 6.07) is 7.10. The van der Waals surface area contributed by atoms with Crippen molar-refractivity contribution in [3.05, 3.63) is 51.3 Å². The number of aromatic nitrogens is 1. The van der Waals surface area contributed by atoms with Gasteiger partial charge in [0.05, 0.1) is 10.0 Å². The molecule has 1 aromatic carbocycles. The second kappa shape index (κ2) is 5.91. The molecule has 7 heteroatoms. The number of thioether (sulfide) groups is 1. The quantitative estimate of drug-likeness (QED) is 0.821. The normalized spacial score (nSPS) is 18.2. The van der Waals surface area contributed by atoms with Crippen molar-refractivity contribution in [2.75, 3.05) is 12.3 Å². The average Bonchev–Trinajstić information content (AvgIpc) is 3.10. The maximum absolute atomic E-state index is 12.5. The van der Waals surface area contributed by atoms with Gasteiger partial charge in [0.2, 0.25) is 0 Å². The Kier molecular flexibility index (Phi) is 4.15. The molecular formula is C14H12Cl2N2O2S. The molecule has 0 radical (unpaired) electrons. The summed E-state index contributed by atoms with van der Waals surface area (Å²) < 4.78 is 4.98. The Morgan fingerprint density at radius 2 is 2.19 bits per heavy atom. The second-order valence-corrected chi connectivity index (χ2v) is 6.72. The van der Waals surface area contributed by atoms with Crippen LogP contribution in [0, 0.1) is 6.92 Å². The minimum Gasteiger partial charge on any atom is -0.361 e. The van der Waals surface area contributed by atoms with Gasteiger partial charge < -0.3 is 9.42 Å². The molecule has 1 unspecified atom stereocenters. The number of rotatable bonds is 2. The fraction of sp³-hybridized carbons (Fsp3) is 0.286. The third-order valence-corrected chi connectivity index (χ3v) is 5.23. The Balaban J connectivity index is 1.88. The van der Waals surface area contributed by atoms with E-state index in [9.17, 15) is 4.79 Å². The molecule has 2 heterocycles. The minimum absolute atomic E-state index is 0.0794. The third kappa shape index (κ3) is 2.91. The number of nitrogens with zero attached hydrogens (tertiary/aromatic N) is 2. The lowest BCUT2D eigenvalue weighted by atomic mass is 10.2. The molecule has 0 aliphatic carbocycles. The summed E-state index contributed by atoms with van der Waals surface area (Å²) in [6.45, 7) is 2.43. The topological polar surface area (TPSA) is 46.3 Å². The summed E-state index contributed by atoms with van der Waals surface area (Å²) >= 11 is 13.7. The molecule has 3 rings (SSSR count). The van der Waals surface area contributed by atoms with Gasteiger partial charge in [0.15, 0.2) is 5.69 Å². The predicted molar refractivity (Wildman–Crippen MR) is 83.9 cm³/mol. The van der Waals surface area contributed by atoms with Gasteiger partial charge in [0, 0.05) is 18.4 Å². The first kappa shape index (κ1) is 14.8. The van der Waals surface area contributed by atoms with E-state index < -0.39 is 0 Å². The van der Waals surface area contributed by atoms with E-state index in [-0.39, 0.29) is 11.3 Å². The molecule has 1 atom stereocenters. The average molecular weight is 343 g/mol. The first-order valence-corrected chi connectivity index (χ1v) is 8.17. The first-order chi connectivity index (χ1) is 10.1. The predicted octanol–water partition coefficient (Wildman–Crippen LogP) is 4.18. The number of carbonyl (C=O) groups is 1. The number of hydrogen-bond acceptors (Lipinski definition) is 4. The van der Waals surface area contributed by atoms with Gasteiger partial charge in [-0.05, 0) is 24.6 Å². The van der Waals surface area contributed by atoms with Crippen LogP contribution in [0.1, 0.15) is 27.2 Å². The van der Waals surface area contributed by atoms with Crippen molar-refractivity contribution in [3.63, 3.8) is 0 Å². The van der Waals surface area contributed by atoms with Gasteiger partial charge >= 0.3 is 0 Å². The number of amides is 1. The molecule has 0 saturated carbocycles. The highest BCUT2D eigenvalue weighted by Gasteiger charge is 2.32. The van der Waals surface area contributed by atoms with Crippen LogP contribution in [0.5, 0.6) is 0 Å². The molecule has 2 aromatic rings. The lowest BCUT2D eigenvalue weighted by Crippen LogP contribution is -2.30. The van der Waals surface area contributed by atoms with Crippen molar-refractivity contribution in [1.82, 2.24) is 10.1 Å². The Hall–Kier alpha value is -1.17. The van der Waals surface area contributed by atoms with Crippen LogP contribution >= 0.6 is 35.0 Å². The minimum atomic E-state index is -0.132. The van der Waals surface area contributed by atoms with Gasteiger partial charge in [0.1, 0.15) is 11.1 Å². The largest absolute Gasteiger partial charge is 0.361 e. The highest BCUT2D eigenvalue weighted by molar-refractivity contribution is 7.99. The molecule has 0 N–H and O–H groups in total. The van der Waals surface area contributed by atoms with Gasteiger partial charge in [-0.1, -0.05) is 34.4 Å². The maximum atomic E-state index is 12.5. The van der Waals surface area contributed by atoms with E-state index in [0.29, 0.717) is 28.0 Å². The van der Waals surface area contributed by atoms with Crippen molar-refractivity contribution >= 4 is 40.9 Å². The van der Waals surface area contributed by atoms with Crippen LogP contribution in [-0.2, 0) is 0 Å². The summed E-state index contributed by atoms with van der Waals surface area (Å²) in [4.78, 5) is 14.3. The van der Waals surface area contributed by atoms with Crippen molar-refractivity contribution in [2.24, 2.45) is 0 Å². The zero-order valence-corrected chi connectivity index (χ0v) is 13.5. The van der Waals surface area contributed by atoms with E-state index in [4.69, 9.17) is 27.7 Å². The van der Waals surface area contributed by atoms with E-state index >= 15 is 0 Å². The van der Waals surface area contributed by atoms with Gasteiger partial charge in [-0.3, -0.25) is 4.79 Å². The Bertz CT molecular complexity index is 689. The Morgan fingerprint density at radius 3 is 2.86 bits per heavy atom. The number of hydrogen-bond donors (Lipinski definition) is 0. The number of carbonyl (C=O) groups excluding carboxylic acids is 1. The van der Waals surface area contributed by atoms with Crippen molar-refractivity contribution < 1.29 is 9.32 Å². The molecule has 1 aliphatic rings. The van der Waals surface area contributed by atoms with Crippen LogP contribution in [0.4, 0.5) is 0 Å². The zero-order valence-electron chi connectivity index (χ0n) is 11.2. The van der Waals surface area contributed by atoms with E-state index in [2.05, 4.69) is 5.16 Å². The molecule has 1 amide bonds. The maximum Gasteiger partial charge on any atom is 0.277 e. The summed E-state index contributed by atoms with van der Waals surface area (Å²) in [7, 11) is 0. The van der Waals surface area contributed by atoms with Gasteiger partial charge in [-0.15, -0.1) is 11.8 Å². The molecule has 0 spiro atoms. The fourth-order valence-corrected chi connectivity index (χ4v) is 3.79. The highest BCUT2D eigenvalue weighted by atomic mass is 35.5. The molecule has 0 bridgehead atoms. The van der Waals surface area contributed by atoms with Gasteiger partial charge in [0.25, 0.3) is 5.91 Å². The molecule has 1 saturated heterocycles. The molecule has 4 nitrogen and oxygen atoms in total. The number of aryl methyl sites for hydroxylation is 1. The monoisotopic (exact) mass is 342 g/mol. The number of halogens is 2. The smallest absolute Gasteiger partial charge is 0.277 e. The van der Waals surface area contributed by atoms with Crippen LogP contribution in [0.15, 0.2) is 28.8 Å². The summed E-state index contributed by atoms with van der Waals surface area (Å²) in [5.74, 6) is 1.36. The van der Waals surface area contributed by atoms with Crippen LogP contribution in [-0.4, -0.2) is 28.3 Å². The third-order valence-electron chi connectivity index (χ3n) is 3.23. The molecule has 110 valence electrons. The van der Waals surface area contributed by atoms with Crippen LogP contribution in [0.2, 0.25) is 10.0 Å². The van der Waals surface area contributed by atoms with E-state index in [1.54, 1.807) is 41.8 Å². The highest BCUT2D eigenvalue weighted by Crippen LogP contribution is 2.40. The van der Waals surface area contributed by atoms with E-state index in [0.717, 1.165) is 11.3 Å². The standard InChI is InChI=1S/C14H12Cl2N2O2S/c1-8-6-12(17-20-8)13(19)18-4-5-21-14(18)9-2-3-10(15)11(16)7-9/h2-3,6-7,14H,4-5H2,1H3. The van der Waals surface area contributed by atoms with E-state index in [1.165, 1.54) is 0 Å². The van der Waals surface area contributed by atoms with E-state index in [1.807, 2.05) is 6.07 Å². The van der Waals surface area contributed by atoms with Gasteiger partial charge in [-0.25, -0.2) is 0 Å². The fourth-order valence-electron chi connectivity index (χ4n) is 2.23. The summed E-state index contributed by atoms with van der Waals surface area (Å²) in [5, 5.41) is 4.72. The van der Waals surface area contributed by atoms with Gasteiger partial charge in [-0.2, -0.15) is 0 Å². The molecule has 1 aromatic heterocycles. The SMILES string of the molecule is Cc1cc(C(=O)N2CCSC2c2ccc(Cl)c(Cl)c2)no1. The Labute approximate surface area is 136 Å².